The van der Waals surface area contributed by atoms with E-state index in [1.165, 1.54) is 36.4 Å². The molecule has 1 fully saturated rings. The molecule has 0 spiro atoms. The Labute approximate surface area is 214 Å². The molecule has 3 aromatic rings. The van der Waals surface area contributed by atoms with E-state index in [1.54, 1.807) is 0 Å². The highest BCUT2D eigenvalue weighted by Gasteiger charge is 2.32. The Hall–Kier alpha value is -2.18. The van der Waals surface area contributed by atoms with Crippen LogP contribution in [0.1, 0.15) is 13.3 Å². The molecule has 0 bridgehead atoms. The highest BCUT2D eigenvalue weighted by atomic mass is 35.5. The van der Waals surface area contributed by atoms with Gasteiger partial charge in [-0.3, -0.25) is 4.72 Å². The third-order valence-electron chi connectivity index (χ3n) is 5.13. The molecule has 1 aliphatic heterocycles. The number of hydrogen-bond acceptors (Lipinski definition) is 6. The maximum absolute atomic E-state index is 13.0. The van der Waals surface area contributed by atoms with Crippen molar-refractivity contribution >= 4 is 50.2 Å². The summed E-state index contributed by atoms with van der Waals surface area (Å²) in [7, 11) is -4.07. The first-order valence-electron chi connectivity index (χ1n) is 10.2. The van der Waals surface area contributed by atoms with Gasteiger partial charge in [0.15, 0.2) is 0 Å². The number of sulfonamides is 1. The summed E-state index contributed by atoms with van der Waals surface area (Å²) in [5.74, 6) is -0.105. The number of benzene rings is 2. The summed E-state index contributed by atoms with van der Waals surface area (Å²) in [6, 6.07) is 10.9. The number of rotatable bonds is 7. The predicted octanol–water partition coefficient (Wildman–Crippen LogP) is 6.55. The topological polar surface area (TPSA) is 76.7 Å². The monoisotopic (exact) mass is 566 g/mol. The van der Waals surface area contributed by atoms with Gasteiger partial charge in [0.1, 0.15) is 21.3 Å². The standard InChI is InChI=1S/C22H19Cl2F3N2O4S2/c1-21(7-8-28-12-21)33-18-10-14(5-6-16(18)23)29-35(30,31)19-11-17(24)20(34-19)13-3-2-4-15(9-13)32-22(25,26)27/h2-6,9-11,28-29H,7-8,12H2,1H3/t21-/m1/s1. The molecule has 35 heavy (non-hydrogen) atoms. The Morgan fingerprint density at radius 1 is 1.11 bits per heavy atom. The number of nitrogens with one attached hydrogen (secondary N) is 2. The lowest BCUT2D eigenvalue weighted by Gasteiger charge is -2.25. The molecule has 13 heteroatoms. The van der Waals surface area contributed by atoms with E-state index < -0.39 is 27.7 Å². The zero-order valence-electron chi connectivity index (χ0n) is 18.1. The van der Waals surface area contributed by atoms with Crippen LogP contribution < -0.4 is 19.5 Å². The van der Waals surface area contributed by atoms with Gasteiger partial charge in [0.2, 0.25) is 0 Å². The van der Waals surface area contributed by atoms with Crippen LogP contribution in [0.4, 0.5) is 18.9 Å². The fraction of sp³-hybridized carbons (Fsp3) is 0.273. The van der Waals surface area contributed by atoms with E-state index in [0.29, 0.717) is 17.3 Å². The maximum atomic E-state index is 13.0. The van der Waals surface area contributed by atoms with Crippen LogP contribution in [0.2, 0.25) is 10.0 Å². The first-order chi connectivity index (χ1) is 16.3. The highest BCUT2D eigenvalue weighted by molar-refractivity contribution is 7.94. The smallest absolute Gasteiger partial charge is 0.485 e. The molecular weight excluding hydrogens is 548 g/mol. The second-order valence-corrected chi connectivity index (χ2v) is 11.8. The van der Waals surface area contributed by atoms with Crippen LogP contribution in [-0.4, -0.2) is 33.5 Å². The Morgan fingerprint density at radius 3 is 2.57 bits per heavy atom. The summed E-state index contributed by atoms with van der Waals surface area (Å²) in [5.41, 5.74) is 0.0382. The molecule has 1 aromatic heterocycles. The fourth-order valence-corrected chi connectivity index (χ4v) is 6.53. The van der Waals surface area contributed by atoms with Gasteiger partial charge in [-0.25, -0.2) is 8.42 Å². The molecule has 0 aliphatic carbocycles. The fourth-order valence-electron chi connectivity index (χ4n) is 3.51. The molecule has 2 N–H and O–H groups in total. The second-order valence-electron chi connectivity index (χ2n) is 8.05. The Bertz CT molecular complexity index is 1340. The van der Waals surface area contributed by atoms with Gasteiger partial charge >= 0.3 is 6.36 Å². The summed E-state index contributed by atoms with van der Waals surface area (Å²) in [6.07, 6.45) is -4.09. The summed E-state index contributed by atoms with van der Waals surface area (Å²) >= 11 is 13.3. The van der Waals surface area contributed by atoms with Crippen LogP contribution in [0.5, 0.6) is 11.5 Å². The van der Waals surface area contributed by atoms with Crippen molar-refractivity contribution in [3.63, 3.8) is 0 Å². The molecule has 2 aromatic carbocycles. The maximum Gasteiger partial charge on any atom is 0.573 e. The van der Waals surface area contributed by atoms with Gasteiger partial charge in [-0.1, -0.05) is 35.3 Å². The third kappa shape index (κ3) is 6.34. The molecular formula is C22H19Cl2F3N2O4S2. The van der Waals surface area contributed by atoms with Crippen LogP contribution in [-0.2, 0) is 10.0 Å². The van der Waals surface area contributed by atoms with Crippen molar-refractivity contribution in [2.75, 3.05) is 17.8 Å². The van der Waals surface area contributed by atoms with Gasteiger partial charge in [-0.05, 0) is 49.4 Å². The number of alkyl halides is 3. The second kappa shape index (κ2) is 9.70. The summed E-state index contributed by atoms with van der Waals surface area (Å²) in [4.78, 5) is 0.279. The Kier molecular flexibility index (Phi) is 7.18. The average Bonchev–Trinajstić information content (AvgIpc) is 3.35. The summed E-state index contributed by atoms with van der Waals surface area (Å²) in [6.45, 7) is 3.36. The van der Waals surface area contributed by atoms with Gasteiger partial charge in [-0.2, -0.15) is 0 Å². The highest BCUT2D eigenvalue weighted by Crippen LogP contribution is 2.41. The number of halogens is 5. The quantitative estimate of drug-likeness (QED) is 0.339. The minimum Gasteiger partial charge on any atom is -0.485 e. The van der Waals surface area contributed by atoms with Crippen molar-refractivity contribution < 1.29 is 31.1 Å². The van der Waals surface area contributed by atoms with E-state index >= 15 is 0 Å². The van der Waals surface area contributed by atoms with Crippen LogP contribution >= 0.6 is 34.5 Å². The van der Waals surface area contributed by atoms with Crippen LogP contribution in [0, 0.1) is 0 Å². The molecule has 0 unspecified atom stereocenters. The van der Waals surface area contributed by atoms with Crippen molar-refractivity contribution in [2.24, 2.45) is 0 Å². The normalized spacial score (nSPS) is 18.5. The van der Waals surface area contributed by atoms with Gasteiger partial charge < -0.3 is 14.8 Å². The van der Waals surface area contributed by atoms with E-state index in [2.05, 4.69) is 14.8 Å². The molecule has 1 aliphatic rings. The van der Waals surface area contributed by atoms with E-state index in [0.717, 1.165) is 36.4 Å². The zero-order valence-corrected chi connectivity index (χ0v) is 21.2. The lowest BCUT2D eigenvalue weighted by molar-refractivity contribution is -0.274. The molecule has 188 valence electrons. The molecule has 0 amide bonds. The predicted molar refractivity (Wildman–Crippen MR) is 130 cm³/mol. The molecule has 1 saturated heterocycles. The number of anilines is 1. The molecule has 0 radical (unpaired) electrons. The van der Waals surface area contributed by atoms with Crippen molar-refractivity contribution in [1.82, 2.24) is 5.32 Å². The Balaban J connectivity index is 1.57. The van der Waals surface area contributed by atoms with E-state index in [9.17, 15) is 21.6 Å². The van der Waals surface area contributed by atoms with E-state index in [4.69, 9.17) is 27.9 Å². The molecule has 0 saturated carbocycles. The molecule has 6 nitrogen and oxygen atoms in total. The van der Waals surface area contributed by atoms with Gasteiger partial charge in [-0.15, -0.1) is 24.5 Å². The van der Waals surface area contributed by atoms with Gasteiger partial charge in [0.05, 0.1) is 20.6 Å². The largest absolute Gasteiger partial charge is 0.573 e. The zero-order chi connectivity index (χ0) is 25.4. The Morgan fingerprint density at radius 2 is 1.89 bits per heavy atom. The summed E-state index contributed by atoms with van der Waals surface area (Å²) < 4.78 is 76.1. The van der Waals surface area contributed by atoms with Crippen molar-refractivity contribution in [3.05, 3.63) is 58.6 Å². The van der Waals surface area contributed by atoms with Crippen molar-refractivity contribution in [3.8, 4) is 21.9 Å². The average molecular weight is 567 g/mol. The van der Waals surface area contributed by atoms with Crippen LogP contribution in [0.25, 0.3) is 10.4 Å². The molecule has 2 heterocycles. The van der Waals surface area contributed by atoms with Crippen molar-refractivity contribution in [2.45, 2.75) is 29.5 Å². The van der Waals surface area contributed by atoms with Crippen LogP contribution in [0.15, 0.2) is 52.7 Å². The van der Waals surface area contributed by atoms with E-state index in [-0.39, 0.29) is 25.4 Å². The van der Waals surface area contributed by atoms with Crippen molar-refractivity contribution in [1.29, 1.82) is 0 Å². The molecule has 1 atom stereocenters. The SMILES string of the molecule is C[C@@]1(Oc2cc(NS(=O)(=O)c3cc(Cl)c(-c4cccc(OC(F)(F)F)c4)s3)ccc2Cl)CCNC1. The number of ether oxygens (including phenoxy) is 2. The first kappa shape index (κ1) is 25.9. The molecule has 4 rings (SSSR count). The van der Waals surface area contributed by atoms with Gasteiger partial charge in [0, 0.05) is 19.0 Å². The minimum absolute atomic E-state index is 0.0707. The van der Waals surface area contributed by atoms with Crippen LogP contribution in [0.3, 0.4) is 0 Å². The lowest BCUT2D eigenvalue weighted by Crippen LogP contribution is -2.34. The number of hydrogen-bond donors (Lipinski definition) is 2. The number of thiophene rings is 1. The third-order valence-corrected chi connectivity index (χ3v) is 8.89. The minimum atomic E-state index is -4.86. The van der Waals surface area contributed by atoms with E-state index in [1.807, 2.05) is 6.92 Å². The lowest BCUT2D eigenvalue weighted by atomic mass is 10.1. The van der Waals surface area contributed by atoms with Gasteiger partial charge in [0.25, 0.3) is 10.0 Å². The first-order valence-corrected chi connectivity index (χ1v) is 13.3. The summed E-state index contributed by atoms with van der Waals surface area (Å²) in [5, 5.41) is 3.62.